The highest BCUT2D eigenvalue weighted by molar-refractivity contribution is 6.31. The van der Waals surface area contributed by atoms with Crippen molar-refractivity contribution in [1.82, 2.24) is 14.5 Å². The summed E-state index contributed by atoms with van der Waals surface area (Å²) < 4.78 is 16.0. The van der Waals surface area contributed by atoms with Crippen molar-refractivity contribution >= 4 is 40.2 Å². The van der Waals surface area contributed by atoms with Crippen molar-refractivity contribution in [3.05, 3.63) is 52.3 Å². The molecule has 4 rings (SSSR count). The summed E-state index contributed by atoms with van der Waals surface area (Å²) in [7, 11) is 0. The summed E-state index contributed by atoms with van der Waals surface area (Å²) in [5.74, 6) is 0.749. The maximum atomic E-state index is 13.9. The molecule has 3 aromatic rings. The Hall–Kier alpha value is -1.89. The van der Waals surface area contributed by atoms with Crippen LogP contribution in [-0.4, -0.2) is 39.8 Å². The number of fused-ring (bicyclic) bond motifs is 1. The van der Waals surface area contributed by atoms with Crippen LogP contribution in [0.3, 0.4) is 0 Å². The number of pyridine rings is 1. The van der Waals surface area contributed by atoms with Crippen LogP contribution in [0, 0.1) is 0 Å². The van der Waals surface area contributed by atoms with Gasteiger partial charge < -0.3 is 15.2 Å². The van der Waals surface area contributed by atoms with E-state index in [-0.39, 0.29) is 6.04 Å². The molecular weight excluding hydrogens is 388 g/mol. The van der Waals surface area contributed by atoms with E-state index in [0.29, 0.717) is 29.6 Å². The van der Waals surface area contributed by atoms with Crippen LogP contribution < -0.4 is 10.6 Å². The fraction of sp³-hybridized carbons (Fsp3) is 0.368. The number of anilines is 1. The molecule has 0 radical (unpaired) electrons. The molecule has 0 saturated carbocycles. The molecule has 3 heterocycles. The molecule has 1 aliphatic rings. The highest BCUT2D eigenvalue weighted by Gasteiger charge is 2.30. The minimum atomic E-state index is -0.983. The number of benzene rings is 1. The van der Waals surface area contributed by atoms with Gasteiger partial charge in [0.25, 0.3) is 0 Å². The largest absolute Gasteiger partial charge is 0.340 e. The average molecular weight is 408 g/mol. The zero-order valence-electron chi connectivity index (χ0n) is 14.8. The minimum Gasteiger partial charge on any atom is -0.340 e. The van der Waals surface area contributed by atoms with Crippen LogP contribution in [-0.2, 0) is 0 Å². The highest BCUT2D eigenvalue weighted by Crippen LogP contribution is 2.33. The number of rotatable bonds is 3. The molecule has 0 aliphatic carbocycles. The first kappa shape index (κ1) is 18.5. The number of piperidine rings is 1. The van der Waals surface area contributed by atoms with Crippen molar-refractivity contribution in [2.24, 2.45) is 5.73 Å². The minimum absolute atomic E-state index is 0.111. The van der Waals surface area contributed by atoms with Crippen molar-refractivity contribution in [2.45, 2.75) is 31.6 Å². The van der Waals surface area contributed by atoms with E-state index in [1.54, 1.807) is 6.20 Å². The first-order valence-corrected chi connectivity index (χ1v) is 9.63. The Balaban J connectivity index is 1.83. The second-order valence-electron chi connectivity index (χ2n) is 6.91. The molecule has 5 nitrogen and oxygen atoms in total. The third-order valence-electron chi connectivity index (χ3n) is 5.05. The van der Waals surface area contributed by atoms with Crippen LogP contribution in [0.15, 0.2) is 36.5 Å². The van der Waals surface area contributed by atoms with Crippen molar-refractivity contribution in [3.8, 4) is 0 Å². The van der Waals surface area contributed by atoms with E-state index in [1.165, 1.54) is 0 Å². The molecule has 8 heteroatoms. The zero-order valence-corrected chi connectivity index (χ0v) is 16.3. The van der Waals surface area contributed by atoms with Crippen LogP contribution in [0.2, 0.25) is 10.0 Å². The number of hydrogen-bond donors (Lipinski definition) is 1. The Morgan fingerprint density at radius 3 is 2.70 bits per heavy atom. The molecule has 1 aliphatic heterocycles. The van der Waals surface area contributed by atoms with Gasteiger partial charge in [0.1, 0.15) is 6.17 Å². The van der Waals surface area contributed by atoms with Crippen LogP contribution >= 0.6 is 23.2 Å². The molecule has 142 valence electrons. The lowest BCUT2D eigenvalue weighted by Gasteiger charge is -2.34. The van der Waals surface area contributed by atoms with Gasteiger partial charge in [0.2, 0.25) is 5.95 Å². The van der Waals surface area contributed by atoms with Gasteiger partial charge in [-0.2, -0.15) is 0 Å². The maximum Gasteiger partial charge on any atom is 0.207 e. The molecule has 0 spiro atoms. The van der Waals surface area contributed by atoms with Gasteiger partial charge in [-0.1, -0.05) is 23.2 Å². The maximum absolute atomic E-state index is 13.9. The second kappa shape index (κ2) is 7.26. The standard InChI is InChI=1S/C19H20Cl2FN5/c1-11(16-4-3-13(21)9-24-16)27-18-8-12(20)2-5-17(18)25-19(27)26-7-6-14(22)15(23)10-26/h2-5,8-9,11,14-15H,6-7,10,23H2,1H3/t11-,14?,15?/m0/s1. The van der Waals surface area contributed by atoms with E-state index in [2.05, 4.69) is 9.55 Å². The number of nitrogens with zero attached hydrogens (tertiary/aromatic N) is 4. The van der Waals surface area contributed by atoms with Crippen LogP contribution in [0.4, 0.5) is 10.3 Å². The summed E-state index contributed by atoms with van der Waals surface area (Å²) >= 11 is 12.2. The molecule has 0 amide bonds. The molecule has 2 N–H and O–H groups in total. The number of aromatic nitrogens is 3. The SMILES string of the molecule is C[C@@H](c1ccc(Cl)cn1)n1c(N2CCC(F)C(N)C2)nc2ccc(Cl)cc21. The molecule has 1 aromatic carbocycles. The van der Waals surface area contributed by atoms with Crippen molar-refractivity contribution < 1.29 is 4.39 Å². The molecule has 3 atom stereocenters. The lowest BCUT2D eigenvalue weighted by atomic mass is 10.1. The number of alkyl halides is 1. The van der Waals surface area contributed by atoms with Crippen LogP contribution in [0.25, 0.3) is 11.0 Å². The number of halogens is 3. The summed E-state index contributed by atoms with van der Waals surface area (Å²) in [4.78, 5) is 11.3. The fourth-order valence-electron chi connectivity index (χ4n) is 3.56. The van der Waals surface area contributed by atoms with Crippen LogP contribution in [0.5, 0.6) is 0 Å². The molecule has 1 saturated heterocycles. The van der Waals surface area contributed by atoms with Gasteiger partial charge in [-0.15, -0.1) is 0 Å². The summed E-state index contributed by atoms with van der Waals surface area (Å²) in [6.45, 7) is 3.02. The van der Waals surface area contributed by atoms with Gasteiger partial charge >= 0.3 is 0 Å². The smallest absolute Gasteiger partial charge is 0.207 e. The summed E-state index contributed by atoms with van der Waals surface area (Å²) in [6, 6.07) is 8.67. The summed E-state index contributed by atoms with van der Waals surface area (Å²) in [5, 5.41) is 1.21. The van der Waals surface area contributed by atoms with Gasteiger partial charge in [-0.3, -0.25) is 4.98 Å². The monoisotopic (exact) mass is 407 g/mol. The van der Waals surface area contributed by atoms with E-state index in [1.807, 2.05) is 42.2 Å². The van der Waals surface area contributed by atoms with Gasteiger partial charge in [-0.05, 0) is 43.7 Å². The Bertz CT molecular complexity index is 959. The summed E-state index contributed by atoms with van der Waals surface area (Å²) in [6.07, 6.45) is 1.03. The molecule has 2 aromatic heterocycles. The molecule has 0 bridgehead atoms. The predicted molar refractivity (Wildman–Crippen MR) is 108 cm³/mol. The lowest BCUT2D eigenvalue weighted by molar-refractivity contribution is 0.243. The quantitative estimate of drug-likeness (QED) is 0.705. The molecule has 27 heavy (non-hydrogen) atoms. The molecule has 2 unspecified atom stereocenters. The highest BCUT2D eigenvalue weighted by atomic mass is 35.5. The summed E-state index contributed by atoms with van der Waals surface area (Å²) in [5.41, 5.74) is 8.55. The number of imidazole rings is 1. The molecule has 1 fully saturated rings. The van der Waals surface area contributed by atoms with E-state index in [4.69, 9.17) is 33.9 Å². The average Bonchev–Trinajstić information content (AvgIpc) is 3.02. The normalized spacial score (nSPS) is 21.6. The van der Waals surface area contributed by atoms with Crippen LogP contribution in [0.1, 0.15) is 25.1 Å². The first-order valence-electron chi connectivity index (χ1n) is 8.87. The Kier molecular flexibility index (Phi) is 4.97. The van der Waals surface area contributed by atoms with Crippen molar-refractivity contribution in [1.29, 1.82) is 0 Å². The fourth-order valence-corrected chi connectivity index (χ4v) is 3.84. The second-order valence-corrected chi connectivity index (χ2v) is 7.78. The van der Waals surface area contributed by atoms with Gasteiger partial charge in [0.05, 0.1) is 33.8 Å². The van der Waals surface area contributed by atoms with Crippen molar-refractivity contribution in [2.75, 3.05) is 18.0 Å². The third kappa shape index (κ3) is 3.49. The van der Waals surface area contributed by atoms with E-state index >= 15 is 0 Å². The topological polar surface area (TPSA) is 60.0 Å². The lowest BCUT2D eigenvalue weighted by Crippen LogP contribution is -2.50. The molecular formula is C19H20Cl2FN5. The Labute approximate surface area is 166 Å². The third-order valence-corrected chi connectivity index (χ3v) is 5.51. The Morgan fingerprint density at radius 2 is 2.00 bits per heavy atom. The van der Waals surface area contributed by atoms with E-state index in [9.17, 15) is 4.39 Å². The number of nitrogens with two attached hydrogens (primary N) is 1. The first-order chi connectivity index (χ1) is 12.9. The predicted octanol–water partition coefficient (Wildman–Crippen LogP) is 4.22. The van der Waals surface area contributed by atoms with E-state index < -0.39 is 12.2 Å². The van der Waals surface area contributed by atoms with Crippen molar-refractivity contribution in [3.63, 3.8) is 0 Å². The van der Waals surface area contributed by atoms with Gasteiger partial charge in [0, 0.05) is 24.3 Å². The number of hydrogen-bond acceptors (Lipinski definition) is 4. The van der Waals surface area contributed by atoms with Gasteiger partial charge in [-0.25, -0.2) is 9.37 Å². The van der Waals surface area contributed by atoms with Gasteiger partial charge in [0.15, 0.2) is 0 Å². The zero-order chi connectivity index (χ0) is 19.1. The Morgan fingerprint density at radius 1 is 1.22 bits per heavy atom. The van der Waals surface area contributed by atoms with E-state index in [0.717, 1.165) is 22.7 Å².